The number of fused-ring (bicyclic) bond motifs is 12. The fourth-order valence-corrected chi connectivity index (χ4v) is 8.39. The smallest absolute Gasteiger partial charge is 0.340 e. The first-order valence-corrected chi connectivity index (χ1v) is 17.4. The molecule has 2 spiro atoms. The van der Waals surface area contributed by atoms with Gasteiger partial charge in [0.1, 0.15) is 23.0 Å². The van der Waals surface area contributed by atoms with E-state index in [4.69, 9.17) is 18.9 Å². The van der Waals surface area contributed by atoms with Crippen molar-refractivity contribution in [2.45, 2.75) is 38.9 Å². The summed E-state index contributed by atoms with van der Waals surface area (Å²) < 4.78 is 26.6. The molecule has 8 nitrogen and oxygen atoms in total. The van der Waals surface area contributed by atoms with Crippen LogP contribution in [0.25, 0.3) is 0 Å². The van der Waals surface area contributed by atoms with Gasteiger partial charge in [-0.15, -0.1) is 0 Å². The Morgan fingerprint density at radius 2 is 0.860 bits per heavy atom. The normalized spacial score (nSPS) is 20.0. The summed E-state index contributed by atoms with van der Waals surface area (Å²) in [6.07, 6.45) is 0. The molecular weight excluding hydrogens is 628 g/mol. The van der Waals surface area contributed by atoms with Gasteiger partial charge in [-0.3, -0.25) is 0 Å². The van der Waals surface area contributed by atoms with Crippen LogP contribution < -0.4 is 19.3 Å². The summed E-state index contributed by atoms with van der Waals surface area (Å²) >= 11 is 0. The van der Waals surface area contributed by atoms with Crippen LogP contribution >= 0.6 is 0 Å². The zero-order valence-corrected chi connectivity index (χ0v) is 28.4. The van der Waals surface area contributed by atoms with Gasteiger partial charge in [0, 0.05) is 89.1 Å². The minimum absolute atomic E-state index is 0.414. The Hall–Kier alpha value is -5.76. The number of rotatable bonds is 6. The van der Waals surface area contributed by atoms with E-state index < -0.39 is 23.1 Å². The van der Waals surface area contributed by atoms with E-state index in [1.54, 1.807) is 12.1 Å². The second-order valence-corrected chi connectivity index (χ2v) is 13.0. The van der Waals surface area contributed by atoms with Crippen molar-refractivity contribution in [1.82, 2.24) is 0 Å². The Kier molecular flexibility index (Phi) is 6.59. The quantitative estimate of drug-likeness (QED) is 0.167. The number of carbonyl (C=O) groups is 2. The van der Waals surface area contributed by atoms with Gasteiger partial charge >= 0.3 is 11.9 Å². The van der Waals surface area contributed by atoms with Gasteiger partial charge in [0.2, 0.25) is 0 Å². The van der Waals surface area contributed by atoms with Crippen LogP contribution in [0.2, 0.25) is 0 Å². The minimum atomic E-state index is -1.32. The molecule has 0 aromatic heterocycles. The topological polar surface area (TPSA) is 77.5 Å². The molecule has 0 saturated heterocycles. The number of carbonyl (C=O) groups excluding carboxylic acids is 2. The van der Waals surface area contributed by atoms with E-state index in [9.17, 15) is 9.59 Å². The predicted molar refractivity (Wildman–Crippen MR) is 190 cm³/mol. The molecule has 0 bridgehead atoms. The van der Waals surface area contributed by atoms with E-state index in [-0.39, 0.29) is 0 Å². The van der Waals surface area contributed by atoms with E-state index in [1.165, 1.54) is 0 Å². The number of hydrogen-bond acceptors (Lipinski definition) is 8. The summed E-state index contributed by atoms with van der Waals surface area (Å²) in [5.41, 5.74) is 4.52. The summed E-state index contributed by atoms with van der Waals surface area (Å²) in [6, 6.07) is 31.0. The molecule has 5 aromatic rings. The van der Waals surface area contributed by atoms with Crippen molar-refractivity contribution in [1.29, 1.82) is 0 Å². The lowest BCUT2D eigenvalue weighted by molar-refractivity contribution is 0.0208. The Morgan fingerprint density at radius 1 is 0.460 bits per heavy atom. The molecule has 0 fully saturated rings. The highest BCUT2D eigenvalue weighted by atomic mass is 16.6. The number of nitrogens with zero attached hydrogens (tertiary/aromatic N) is 2. The van der Waals surface area contributed by atoms with E-state index in [2.05, 4.69) is 49.6 Å². The fourth-order valence-electron chi connectivity index (χ4n) is 8.39. The van der Waals surface area contributed by atoms with Crippen LogP contribution in [0.4, 0.5) is 11.4 Å². The molecule has 0 saturated carbocycles. The fraction of sp³-hybridized carbons (Fsp3) is 0.238. The van der Waals surface area contributed by atoms with Crippen molar-refractivity contribution < 1.29 is 28.5 Å². The highest BCUT2D eigenvalue weighted by Crippen LogP contribution is 2.62. The number of benzene rings is 5. The number of hydrogen-bond donors (Lipinski definition) is 0. The van der Waals surface area contributed by atoms with Crippen LogP contribution in [0, 0.1) is 0 Å². The number of ether oxygens (including phenoxy) is 4. The van der Waals surface area contributed by atoms with Gasteiger partial charge < -0.3 is 28.7 Å². The average molecular weight is 665 g/mol. The van der Waals surface area contributed by atoms with Crippen LogP contribution in [0.1, 0.15) is 81.8 Å². The summed E-state index contributed by atoms with van der Waals surface area (Å²) in [5.74, 6) is 1.35. The van der Waals surface area contributed by atoms with Crippen LogP contribution in [0.5, 0.6) is 23.0 Å². The molecule has 0 aliphatic carbocycles. The third kappa shape index (κ3) is 3.87. The van der Waals surface area contributed by atoms with E-state index in [1.807, 2.05) is 72.8 Å². The van der Waals surface area contributed by atoms with Crippen LogP contribution in [-0.2, 0) is 20.7 Å². The van der Waals surface area contributed by atoms with Crippen molar-refractivity contribution in [2.75, 3.05) is 36.0 Å². The predicted octanol–water partition coefficient (Wildman–Crippen LogP) is 8.52. The Morgan fingerprint density at radius 3 is 1.28 bits per heavy atom. The maximum Gasteiger partial charge on any atom is 0.340 e. The summed E-state index contributed by atoms with van der Waals surface area (Å²) in [7, 11) is 0. The van der Waals surface area contributed by atoms with Crippen LogP contribution in [-0.4, -0.2) is 38.1 Å². The Bertz CT molecular complexity index is 2100. The molecule has 0 amide bonds. The molecule has 8 heteroatoms. The van der Waals surface area contributed by atoms with Gasteiger partial charge in [-0.1, -0.05) is 36.4 Å². The van der Waals surface area contributed by atoms with Crippen LogP contribution in [0.15, 0.2) is 97.1 Å². The van der Waals surface area contributed by atoms with Crippen molar-refractivity contribution >= 4 is 23.3 Å². The Balaban J connectivity index is 1.33. The second kappa shape index (κ2) is 10.9. The van der Waals surface area contributed by atoms with Gasteiger partial charge in [-0.05, 0) is 70.2 Å². The SMILES string of the molecule is CCN(CC)c1ccc2c(c1)Oc1cc3c(cc1[C@]21OC(=O)c2ccccc21)[C@@]1(OC(=O)c2ccccc21)c1ccc(N(CC)CC)cc1O3. The maximum absolute atomic E-state index is 13.7. The molecule has 250 valence electrons. The first kappa shape index (κ1) is 30.3. The van der Waals surface area contributed by atoms with Gasteiger partial charge in [0.25, 0.3) is 0 Å². The average Bonchev–Trinajstić information content (AvgIpc) is 3.60. The Labute approximate surface area is 290 Å². The third-order valence-electron chi connectivity index (χ3n) is 10.8. The van der Waals surface area contributed by atoms with Crippen molar-refractivity contribution in [3.63, 3.8) is 0 Å². The molecule has 4 heterocycles. The molecule has 0 radical (unpaired) electrons. The summed E-state index contributed by atoms with van der Waals surface area (Å²) in [6.45, 7) is 11.8. The van der Waals surface area contributed by atoms with Crippen molar-refractivity contribution in [3.05, 3.63) is 142 Å². The molecule has 5 aromatic carbocycles. The maximum atomic E-state index is 13.7. The van der Waals surface area contributed by atoms with Gasteiger partial charge in [0.15, 0.2) is 11.2 Å². The molecule has 0 unspecified atom stereocenters. The zero-order valence-electron chi connectivity index (χ0n) is 28.4. The summed E-state index contributed by atoms with van der Waals surface area (Å²) in [5, 5.41) is 0. The lowest BCUT2D eigenvalue weighted by atomic mass is 9.73. The third-order valence-corrected chi connectivity index (χ3v) is 10.8. The largest absolute Gasteiger partial charge is 0.456 e. The van der Waals surface area contributed by atoms with Crippen LogP contribution in [0.3, 0.4) is 0 Å². The van der Waals surface area contributed by atoms with Crippen molar-refractivity contribution in [3.8, 4) is 23.0 Å². The number of esters is 2. The molecule has 0 N–H and O–H groups in total. The first-order chi connectivity index (χ1) is 24.4. The summed E-state index contributed by atoms with van der Waals surface area (Å²) in [4.78, 5) is 31.9. The molecule has 9 rings (SSSR count). The molecular formula is C42H36N2O6. The standard InChI is InChI=1S/C42H36N2O6/c1-5-43(6-2)25-17-19-31-35(21-25)47-37-24-38-34(23-33(37)41(31)29-15-11-9-13-27(29)39(45)49-41)42(30-16-12-10-14-28(30)40(46)50-42)32-20-18-26(22-36(32)48-38)44(7-3)8-4/h9-24H,5-8H2,1-4H3/t41-,42+. The van der Waals surface area contributed by atoms with Gasteiger partial charge in [-0.2, -0.15) is 0 Å². The van der Waals surface area contributed by atoms with E-state index in [0.717, 1.165) is 59.8 Å². The monoisotopic (exact) mass is 664 g/mol. The van der Waals surface area contributed by atoms with Gasteiger partial charge in [-0.25, -0.2) is 9.59 Å². The molecule has 2 atom stereocenters. The highest BCUT2D eigenvalue weighted by molar-refractivity contribution is 5.98. The van der Waals surface area contributed by atoms with E-state index in [0.29, 0.717) is 45.3 Å². The molecule has 50 heavy (non-hydrogen) atoms. The first-order valence-electron chi connectivity index (χ1n) is 17.4. The second-order valence-electron chi connectivity index (χ2n) is 13.0. The van der Waals surface area contributed by atoms with Crippen molar-refractivity contribution in [2.24, 2.45) is 0 Å². The highest BCUT2D eigenvalue weighted by Gasteiger charge is 2.58. The minimum Gasteiger partial charge on any atom is -0.456 e. The molecule has 4 aliphatic heterocycles. The molecule has 4 aliphatic rings. The number of anilines is 2. The van der Waals surface area contributed by atoms with Gasteiger partial charge in [0.05, 0.1) is 11.1 Å². The van der Waals surface area contributed by atoms with E-state index >= 15 is 0 Å². The lowest BCUT2D eigenvalue weighted by Gasteiger charge is -2.41. The zero-order chi connectivity index (χ0) is 34.4. The lowest BCUT2D eigenvalue weighted by Crippen LogP contribution is -2.37.